The summed E-state index contributed by atoms with van der Waals surface area (Å²) < 4.78 is 25.3. The number of anilines is 1. The number of carbonyl (C=O) groups excluding carboxylic acids is 1. The summed E-state index contributed by atoms with van der Waals surface area (Å²) in [4.78, 5) is 12.2. The Bertz CT molecular complexity index is 664. The Balaban J connectivity index is 0.00000264. The Labute approximate surface area is 144 Å². The fourth-order valence-electron chi connectivity index (χ4n) is 2.43. The molecule has 1 unspecified atom stereocenters. The Morgan fingerprint density at radius 1 is 1.39 bits per heavy atom. The van der Waals surface area contributed by atoms with Gasteiger partial charge in [0.25, 0.3) is 5.91 Å². The molecule has 1 atom stereocenters. The first-order chi connectivity index (χ1) is 10.3. The first-order valence-corrected chi connectivity index (χ1v) is 9.02. The number of rotatable bonds is 5. The van der Waals surface area contributed by atoms with Crippen LogP contribution in [0.1, 0.15) is 29.3 Å². The van der Waals surface area contributed by atoms with E-state index in [0.29, 0.717) is 30.8 Å². The van der Waals surface area contributed by atoms with Crippen LogP contribution >= 0.6 is 12.4 Å². The summed E-state index contributed by atoms with van der Waals surface area (Å²) in [5.41, 5.74) is 1.98. The van der Waals surface area contributed by atoms with Gasteiger partial charge in [0.15, 0.2) is 0 Å². The molecule has 0 saturated carbocycles. The maximum absolute atomic E-state index is 12.2. The van der Waals surface area contributed by atoms with E-state index in [4.69, 9.17) is 0 Å². The van der Waals surface area contributed by atoms with Gasteiger partial charge in [-0.05, 0) is 51.1 Å². The van der Waals surface area contributed by atoms with E-state index in [-0.39, 0.29) is 30.1 Å². The molecule has 1 aromatic carbocycles. The monoisotopic (exact) mass is 361 g/mol. The zero-order chi connectivity index (χ0) is 16.3. The minimum atomic E-state index is -3.19. The van der Waals surface area contributed by atoms with E-state index in [1.807, 2.05) is 20.9 Å². The third-order valence-electron chi connectivity index (χ3n) is 3.90. The highest BCUT2D eigenvalue weighted by Crippen LogP contribution is 2.26. The molecule has 1 fully saturated rings. The van der Waals surface area contributed by atoms with E-state index < -0.39 is 10.0 Å². The second-order valence-electron chi connectivity index (χ2n) is 5.64. The van der Waals surface area contributed by atoms with Gasteiger partial charge in [-0.15, -0.1) is 12.4 Å². The zero-order valence-corrected chi connectivity index (χ0v) is 15.3. The largest absolute Gasteiger partial charge is 0.350 e. The number of nitrogens with one attached hydrogen (secondary N) is 2. The number of sulfonamides is 1. The summed E-state index contributed by atoms with van der Waals surface area (Å²) >= 11 is 0. The molecular formula is C15H24ClN3O3S. The van der Waals surface area contributed by atoms with Gasteiger partial charge in [-0.25, -0.2) is 8.42 Å². The third-order valence-corrected chi connectivity index (χ3v) is 5.77. The van der Waals surface area contributed by atoms with E-state index >= 15 is 0 Å². The van der Waals surface area contributed by atoms with E-state index in [9.17, 15) is 13.2 Å². The van der Waals surface area contributed by atoms with Crippen molar-refractivity contribution in [1.82, 2.24) is 10.6 Å². The van der Waals surface area contributed by atoms with Gasteiger partial charge in [0.1, 0.15) is 0 Å². The van der Waals surface area contributed by atoms with Crippen molar-refractivity contribution < 1.29 is 13.2 Å². The summed E-state index contributed by atoms with van der Waals surface area (Å²) in [6.07, 6.45) is 0.644. The molecule has 0 aliphatic carbocycles. The van der Waals surface area contributed by atoms with Crippen LogP contribution in [0.4, 0.5) is 5.69 Å². The quantitative estimate of drug-likeness (QED) is 0.828. The van der Waals surface area contributed by atoms with Crippen molar-refractivity contribution in [2.24, 2.45) is 0 Å². The van der Waals surface area contributed by atoms with Gasteiger partial charge in [0.2, 0.25) is 10.0 Å². The van der Waals surface area contributed by atoms with Gasteiger partial charge < -0.3 is 10.6 Å². The molecule has 0 aromatic heterocycles. The van der Waals surface area contributed by atoms with Crippen LogP contribution in [0.15, 0.2) is 18.2 Å². The van der Waals surface area contributed by atoms with E-state index in [1.54, 1.807) is 18.2 Å². The van der Waals surface area contributed by atoms with Crippen molar-refractivity contribution in [1.29, 1.82) is 0 Å². The molecule has 0 spiro atoms. The van der Waals surface area contributed by atoms with Crippen LogP contribution in [0.25, 0.3) is 0 Å². The van der Waals surface area contributed by atoms with Crippen molar-refractivity contribution in [3.63, 3.8) is 0 Å². The van der Waals surface area contributed by atoms with Crippen LogP contribution in [0, 0.1) is 6.92 Å². The molecule has 2 N–H and O–H groups in total. The third kappa shape index (κ3) is 4.59. The second-order valence-corrected chi connectivity index (χ2v) is 7.65. The molecule has 6 nitrogen and oxygen atoms in total. The number of hydrogen-bond donors (Lipinski definition) is 2. The molecular weight excluding hydrogens is 338 g/mol. The number of amides is 1. The van der Waals surface area contributed by atoms with E-state index in [2.05, 4.69) is 10.6 Å². The number of halogens is 1. The van der Waals surface area contributed by atoms with Crippen LogP contribution < -0.4 is 14.9 Å². The van der Waals surface area contributed by atoms with Crippen LogP contribution in [-0.2, 0) is 10.0 Å². The first-order valence-electron chi connectivity index (χ1n) is 7.41. The lowest BCUT2D eigenvalue weighted by Crippen LogP contribution is -2.37. The number of benzene rings is 1. The van der Waals surface area contributed by atoms with Crippen molar-refractivity contribution in [3.05, 3.63) is 29.3 Å². The Kier molecular flexibility index (Phi) is 6.85. The highest BCUT2D eigenvalue weighted by atomic mass is 35.5. The maximum atomic E-state index is 12.2. The van der Waals surface area contributed by atoms with Gasteiger partial charge in [0, 0.05) is 24.7 Å². The van der Waals surface area contributed by atoms with Gasteiger partial charge >= 0.3 is 0 Å². The molecule has 0 bridgehead atoms. The SMILES string of the molecule is CNC(C)CNC(=O)c1ccc(N2CCCS2(=O)=O)cc1C.Cl. The lowest BCUT2D eigenvalue weighted by Gasteiger charge is -2.18. The van der Waals surface area contributed by atoms with E-state index in [1.165, 1.54) is 4.31 Å². The fourth-order valence-corrected chi connectivity index (χ4v) is 3.99. The molecule has 1 saturated heterocycles. The Morgan fingerprint density at radius 3 is 2.61 bits per heavy atom. The molecule has 2 rings (SSSR count). The topological polar surface area (TPSA) is 78.5 Å². The molecule has 23 heavy (non-hydrogen) atoms. The smallest absolute Gasteiger partial charge is 0.251 e. The van der Waals surface area contributed by atoms with E-state index in [0.717, 1.165) is 5.56 Å². The Hall–Kier alpha value is -1.31. The number of aryl methyl sites for hydroxylation is 1. The van der Waals surface area contributed by atoms with Gasteiger partial charge in [-0.1, -0.05) is 0 Å². The van der Waals surface area contributed by atoms with Crippen molar-refractivity contribution in [2.75, 3.05) is 30.2 Å². The summed E-state index contributed by atoms with van der Waals surface area (Å²) in [5, 5.41) is 5.92. The summed E-state index contributed by atoms with van der Waals surface area (Å²) in [6, 6.07) is 5.35. The summed E-state index contributed by atoms with van der Waals surface area (Å²) in [5.74, 6) is 0.0475. The molecule has 1 aliphatic rings. The van der Waals surface area contributed by atoms with Crippen LogP contribution in [0.3, 0.4) is 0 Å². The van der Waals surface area contributed by atoms with Crippen molar-refractivity contribution in [2.45, 2.75) is 26.3 Å². The molecule has 0 radical (unpaired) electrons. The maximum Gasteiger partial charge on any atom is 0.251 e. The number of nitrogens with zero attached hydrogens (tertiary/aromatic N) is 1. The molecule has 130 valence electrons. The average Bonchev–Trinajstić information content (AvgIpc) is 2.83. The number of hydrogen-bond acceptors (Lipinski definition) is 4. The molecule has 8 heteroatoms. The summed E-state index contributed by atoms with van der Waals surface area (Å²) in [6.45, 7) is 4.85. The minimum Gasteiger partial charge on any atom is -0.350 e. The number of carbonyl (C=O) groups is 1. The highest BCUT2D eigenvalue weighted by molar-refractivity contribution is 7.93. The Morgan fingerprint density at radius 2 is 2.09 bits per heavy atom. The van der Waals surface area contributed by atoms with Crippen molar-refractivity contribution >= 4 is 34.0 Å². The van der Waals surface area contributed by atoms with Crippen LogP contribution in [-0.4, -0.2) is 46.3 Å². The van der Waals surface area contributed by atoms with Crippen LogP contribution in [0.5, 0.6) is 0 Å². The van der Waals surface area contributed by atoms with Gasteiger partial charge in [0.05, 0.1) is 11.4 Å². The molecule has 1 aliphatic heterocycles. The normalized spacial score (nSPS) is 17.4. The molecule has 1 amide bonds. The molecule has 1 aromatic rings. The highest BCUT2D eigenvalue weighted by Gasteiger charge is 2.28. The number of likely N-dealkylation sites (N-methyl/N-ethyl adjacent to an activating group) is 1. The standard InChI is InChI=1S/C15H23N3O3S.ClH/c1-11-9-13(18-7-4-8-22(18,20)21)5-6-14(11)15(19)17-10-12(2)16-3;/h5-6,9,12,16H,4,7-8,10H2,1-3H3,(H,17,19);1H. The summed E-state index contributed by atoms with van der Waals surface area (Å²) in [7, 11) is -1.35. The predicted octanol–water partition coefficient (Wildman–Crippen LogP) is 1.29. The van der Waals surface area contributed by atoms with Gasteiger partial charge in [-0.3, -0.25) is 9.10 Å². The lowest BCUT2D eigenvalue weighted by atomic mass is 10.1. The zero-order valence-electron chi connectivity index (χ0n) is 13.6. The first kappa shape index (κ1) is 19.7. The molecule has 1 heterocycles. The lowest BCUT2D eigenvalue weighted by molar-refractivity contribution is 0.0950. The predicted molar refractivity (Wildman–Crippen MR) is 95.0 cm³/mol. The minimum absolute atomic E-state index is 0. The van der Waals surface area contributed by atoms with Crippen LogP contribution in [0.2, 0.25) is 0 Å². The fraction of sp³-hybridized carbons (Fsp3) is 0.533. The average molecular weight is 362 g/mol. The van der Waals surface area contributed by atoms with Gasteiger partial charge in [-0.2, -0.15) is 0 Å². The van der Waals surface area contributed by atoms with Crippen molar-refractivity contribution in [3.8, 4) is 0 Å². The second kappa shape index (κ2) is 7.99.